The normalized spacial score (nSPS) is 15.1. The van der Waals surface area contributed by atoms with Crippen molar-refractivity contribution in [2.45, 2.75) is 32.4 Å². The third-order valence-corrected chi connectivity index (χ3v) is 2.85. The second-order valence-electron chi connectivity index (χ2n) is 5.33. The molecule has 20 heavy (non-hydrogen) atoms. The average Bonchev–Trinajstić information content (AvgIpc) is 2.37. The summed E-state index contributed by atoms with van der Waals surface area (Å²) >= 11 is 0. The molecule has 2 atom stereocenters. The number of nitrogens with one attached hydrogen (secondary N) is 1. The third kappa shape index (κ3) is 5.43. The Morgan fingerprint density at radius 1 is 1.35 bits per heavy atom. The summed E-state index contributed by atoms with van der Waals surface area (Å²) in [5, 5.41) is 22.1. The van der Waals surface area contributed by atoms with Gasteiger partial charge in [0.1, 0.15) is 11.6 Å². The number of carboxylic acids is 1. The number of carboxylic acid groups (broad SMARTS) is 1. The predicted molar refractivity (Wildman–Crippen MR) is 78.2 cm³/mol. The first-order valence-corrected chi connectivity index (χ1v) is 6.58. The fourth-order valence-electron chi connectivity index (χ4n) is 1.69. The topological polar surface area (TPSA) is 69.6 Å². The molecular weight excluding hydrogens is 254 g/mol. The van der Waals surface area contributed by atoms with Crippen LogP contribution >= 0.6 is 0 Å². The van der Waals surface area contributed by atoms with E-state index in [1.807, 2.05) is 44.2 Å². The van der Waals surface area contributed by atoms with E-state index in [0.717, 1.165) is 5.56 Å². The van der Waals surface area contributed by atoms with Crippen LogP contribution < -0.4 is 5.32 Å². The van der Waals surface area contributed by atoms with Crippen LogP contribution in [0.3, 0.4) is 0 Å². The first-order valence-electron chi connectivity index (χ1n) is 6.58. The minimum absolute atomic E-state index is 0.0645. The second kappa shape index (κ2) is 7.09. The van der Waals surface area contributed by atoms with E-state index < -0.39 is 17.6 Å². The van der Waals surface area contributed by atoms with Crippen molar-refractivity contribution >= 4 is 5.97 Å². The highest BCUT2D eigenvalue weighted by atomic mass is 16.4. The van der Waals surface area contributed by atoms with Crippen LogP contribution in [0.2, 0.25) is 0 Å². The molecule has 1 rings (SSSR count). The van der Waals surface area contributed by atoms with Gasteiger partial charge in [0.05, 0.1) is 0 Å². The molecule has 3 N–H and O–H groups in total. The Bertz CT molecular complexity index is 497. The van der Waals surface area contributed by atoms with Gasteiger partial charge in [-0.2, -0.15) is 0 Å². The number of benzene rings is 1. The maximum absolute atomic E-state index is 11.1. The zero-order valence-electron chi connectivity index (χ0n) is 12.1. The Labute approximate surface area is 119 Å². The van der Waals surface area contributed by atoms with Crippen LogP contribution in [-0.2, 0) is 4.79 Å². The van der Waals surface area contributed by atoms with Crippen molar-refractivity contribution in [2.75, 3.05) is 6.54 Å². The van der Waals surface area contributed by atoms with E-state index in [2.05, 4.69) is 17.2 Å². The number of carbonyl (C=O) groups is 1. The van der Waals surface area contributed by atoms with Gasteiger partial charge in [-0.1, -0.05) is 43.9 Å². The molecule has 0 saturated heterocycles. The highest BCUT2D eigenvalue weighted by molar-refractivity contribution is 5.73. The van der Waals surface area contributed by atoms with Gasteiger partial charge in [0.2, 0.25) is 0 Å². The molecule has 108 valence electrons. The summed E-state index contributed by atoms with van der Waals surface area (Å²) in [5.74, 6) is 4.65. The van der Waals surface area contributed by atoms with Crippen LogP contribution in [-0.4, -0.2) is 34.4 Å². The van der Waals surface area contributed by atoms with Gasteiger partial charge in [-0.05, 0) is 25.0 Å². The largest absolute Gasteiger partial charge is 0.480 e. The summed E-state index contributed by atoms with van der Waals surface area (Å²) in [4.78, 5) is 11.1. The van der Waals surface area contributed by atoms with Crippen LogP contribution in [0.1, 0.15) is 26.3 Å². The summed E-state index contributed by atoms with van der Waals surface area (Å²) in [6.07, 6.45) is 0. The lowest BCUT2D eigenvalue weighted by Gasteiger charge is -2.23. The number of aliphatic carboxylic acids is 1. The van der Waals surface area contributed by atoms with Crippen molar-refractivity contribution in [3.8, 4) is 11.8 Å². The monoisotopic (exact) mass is 275 g/mol. The zero-order chi connectivity index (χ0) is 15.2. The molecule has 0 radical (unpaired) electrons. The van der Waals surface area contributed by atoms with Crippen molar-refractivity contribution in [1.82, 2.24) is 5.32 Å². The fraction of sp³-hybridized carbons (Fsp3) is 0.438. The molecule has 1 aromatic rings. The van der Waals surface area contributed by atoms with E-state index in [1.54, 1.807) is 6.92 Å². The van der Waals surface area contributed by atoms with Crippen LogP contribution in [0.4, 0.5) is 0 Å². The molecule has 0 spiro atoms. The van der Waals surface area contributed by atoms with Crippen LogP contribution in [0.25, 0.3) is 0 Å². The maximum Gasteiger partial charge on any atom is 0.320 e. The van der Waals surface area contributed by atoms with E-state index in [-0.39, 0.29) is 12.5 Å². The minimum atomic E-state index is -1.28. The quantitative estimate of drug-likeness (QED) is 0.712. The first kappa shape index (κ1) is 16.2. The average molecular weight is 275 g/mol. The summed E-state index contributed by atoms with van der Waals surface area (Å²) in [6.45, 7) is 5.30. The highest BCUT2D eigenvalue weighted by Gasteiger charge is 2.25. The lowest BCUT2D eigenvalue weighted by Crippen LogP contribution is -2.47. The fourth-order valence-corrected chi connectivity index (χ4v) is 1.69. The standard InChI is InChI=1S/C16H21NO3/c1-12(2)14(15(18)19)17-11-16(3,20)10-9-13-7-5-4-6-8-13/h4-8,12,14,17,20H,11H2,1-3H3,(H,18,19)/t14-,16+/m0/s1. The van der Waals surface area contributed by atoms with E-state index >= 15 is 0 Å². The Balaban J connectivity index is 2.66. The van der Waals surface area contributed by atoms with Gasteiger partial charge in [-0.3, -0.25) is 4.79 Å². The summed E-state index contributed by atoms with van der Waals surface area (Å²) in [7, 11) is 0. The number of hydrogen-bond donors (Lipinski definition) is 3. The third-order valence-electron chi connectivity index (χ3n) is 2.85. The Kier molecular flexibility index (Phi) is 5.75. The molecule has 0 aliphatic rings. The molecule has 4 nitrogen and oxygen atoms in total. The predicted octanol–water partition coefficient (Wildman–Crippen LogP) is 1.49. The zero-order valence-corrected chi connectivity index (χ0v) is 12.1. The Morgan fingerprint density at radius 2 is 1.95 bits per heavy atom. The Morgan fingerprint density at radius 3 is 2.45 bits per heavy atom. The van der Waals surface area contributed by atoms with Gasteiger partial charge < -0.3 is 15.5 Å². The van der Waals surface area contributed by atoms with Crippen LogP contribution in [0.15, 0.2) is 30.3 Å². The van der Waals surface area contributed by atoms with Crippen molar-refractivity contribution in [2.24, 2.45) is 5.92 Å². The smallest absolute Gasteiger partial charge is 0.320 e. The van der Waals surface area contributed by atoms with Gasteiger partial charge >= 0.3 is 5.97 Å². The van der Waals surface area contributed by atoms with Crippen molar-refractivity contribution in [1.29, 1.82) is 0 Å². The molecular formula is C16H21NO3. The molecule has 0 aromatic heterocycles. The number of hydrogen-bond acceptors (Lipinski definition) is 3. The lowest BCUT2D eigenvalue weighted by atomic mass is 10.0. The molecule has 0 amide bonds. The molecule has 0 aliphatic carbocycles. The summed E-state index contributed by atoms with van der Waals surface area (Å²) in [5.41, 5.74) is -0.468. The van der Waals surface area contributed by atoms with Gasteiger partial charge in [0.25, 0.3) is 0 Å². The van der Waals surface area contributed by atoms with Crippen LogP contribution in [0, 0.1) is 17.8 Å². The molecule has 0 saturated carbocycles. The highest BCUT2D eigenvalue weighted by Crippen LogP contribution is 2.06. The van der Waals surface area contributed by atoms with Gasteiger partial charge in [-0.25, -0.2) is 0 Å². The molecule has 0 aliphatic heterocycles. The second-order valence-corrected chi connectivity index (χ2v) is 5.33. The molecule has 1 aromatic carbocycles. The van der Waals surface area contributed by atoms with E-state index in [0.29, 0.717) is 0 Å². The maximum atomic E-state index is 11.1. The van der Waals surface area contributed by atoms with Crippen molar-refractivity contribution in [3.05, 3.63) is 35.9 Å². The molecule has 0 fully saturated rings. The first-order chi connectivity index (χ1) is 9.32. The van der Waals surface area contributed by atoms with Crippen LogP contribution in [0.5, 0.6) is 0 Å². The lowest BCUT2D eigenvalue weighted by molar-refractivity contribution is -0.140. The number of aliphatic hydroxyl groups is 1. The summed E-state index contributed by atoms with van der Waals surface area (Å²) in [6, 6.07) is 8.65. The summed E-state index contributed by atoms with van der Waals surface area (Å²) < 4.78 is 0. The SMILES string of the molecule is CC(C)[C@H](NC[C@](C)(O)C#Cc1ccccc1)C(=O)O. The Hall–Kier alpha value is -1.83. The molecule has 0 bridgehead atoms. The van der Waals surface area contributed by atoms with Crippen molar-refractivity contribution in [3.63, 3.8) is 0 Å². The molecule has 0 unspecified atom stereocenters. The van der Waals surface area contributed by atoms with E-state index in [1.165, 1.54) is 0 Å². The van der Waals surface area contributed by atoms with Crippen molar-refractivity contribution < 1.29 is 15.0 Å². The van der Waals surface area contributed by atoms with Gasteiger partial charge in [-0.15, -0.1) is 0 Å². The van der Waals surface area contributed by atoms with E-state index in [9.17, 15) is 9.90 Å². The number of rotatable bonds is 5. The minimum Gasteiger partial charge on any atom is -0.480 e. The van der Waals surface area contributed by atoms with E-state index in [4.69, 9.17) is 5.11 Å². The van der Waals surface area contributed by atoms with Gasteiger partial charge in [0.15, 0.2) is 0 Å². The molecule has 0 heterocycles. The van der Waals surface area contributed by atoms with Gasteiger partial charge in [0, 0.05) is 12.1 Å². The molecule has 4 heteroatoms.